The van der Waals surface area contributed by atoms with Crippen molar-refractivity contribution < 1.29 is 22.7 Å². The summed E-state index contributed by atoms with van der Waals surface area (Å²) in [7, 11) is -1.02. The highest BCUT2D eigenvalue weighted by Crippen LogP contribution is 2.39. The fourth-order valence-corrected chi connectivity index (χ4v) is 5.21. The molecule has 1 aliphatic heterocycles. The summed E-state index contributed by atoms with van der Waals surface area (Å²) in [6.45, 7) is 1.63. The van der Waals surface area contributed by atoms with Crippen molar-refractivity contribution in [1.29, 1.82) is 0 Å². The van der Waals surface area contributed by atoms with E-state index in [9.17, 15) is 18.0 Å². The minimum Gasteiger partial charge on any atom is -0.495 e. The molecule has 2 aromatic rings. The molecule has 1 atom stereocenters. The number of fused-ring (bicyclic) bond motifs is 1. The van der Waals surface area contributed by atoms with E-state index in [0.29, 0.717) is 17.9 Å². The van der Waals surface area contributed by atoms with E-state index in [1.165, 1.54) is 20.2 Å². The molecule has 0 spiro atoms. The highest BCUT2D eigenvalue weighted by atomic mass is 32.2. The zero-order chi connectivity index (χ0) is 23.0. The number of carbonyl (C=O) groups is 2. The summed E-state index contributed by atoms with van der Waals surface area (Å²) in [5, 5.41) is 2.68. The molecule has 32 heavy (non-hydrogen) atoms. The van der Waals surface area contributed by atoms with Crippen molar-refractivity contribution in [1.82, 2.24) is 4.31 Å². The van der Waals surface area contributed by atoms with Gasteiger partial charge >= 0.3 is 0 Å². The predicted molar refractivity (Wildman–Crippen MR) is 121 cm³/mol. The van der Waals surface area contributed by atoms with Crippen LogP contribution >= 0.6 is 0 Å². The van der Waals surface area contributed by atoms with Gasteiger partial charge in [0.1, 0.15) is 5.75 Å². The number of amides is 2. The lowest BCUT2D eigenvalue weighted by atomic mass is 10.1. The first-order chi connectivity index (χ1) is 15.2. The van der Waals surface area contributed by atoms with E-state index in [1.54, 1.807) is 41.3 Å². The number of anilines is 2. The molecule has 8 nitrogen and oxygen atoms in total. The van der Waals surface area contributed by atoms with Gasteiger partial charge in [-0.15, -0.1) is 0 Å². The number of nitrogens with zero attached hydrogens (tertiary/aromatic N) is 2. The lowest BCUT2D eigenvalue weighted by Gasteiger charge is -2.23. The van der Waals surface area contributed by atoms with Gasteiger partial charge in [-0.25, -0.2) is 8.42 Å². The predicted octanol–water partition coefficient (Wildman–Crippen LogP) is 2.64. The van der Waals surface area contributed by atoms with Crippen LogP contribution in [-0.4, -0.2) is 51.3 Å². The second kappa shape index (κ2) is 8.55. The molecule has 1 fully saturated rings. The maximum Gasteiger partial charge on any atom is 0.243 e. The average Bonchev–Trinajstić information content (AvgIpc) is 3.55. The molecule has 1 heterocycles. The molecule has 1 N–H and O–H groups in total. The quantitative estimate of drug-likeness (QED) is 0.690. The summed E-state index contributed by atoms with van der Waals surface area (Å²) >= 11 is 0. The van der Waals surface area contributed by atoms with Crippen LogP contribution in [0.3, 0.4) is 0 Å². The van der Waals surface area contributed by atoms with Crippen LogP contribution in [0, 0.1) is 5.92 Å². The van der Waals surface area contributed by atoms with E-state index < -0.39 is 15.9 Å². The molecule has 2 aromatic carbocycles. The van der Waals surface area contributed by atoms with Gasteiger partial charge in [-0.1, -0.05) is 12.1 Å². The molecule has 0 radical (unpaired) electrons. The Balaban J connectivity index is 1.49. The first-order valence-corrected chi connectivity index (χ1v) is 12.0. The molecule has 1 saturated carbocycles. The lowest BCUT2D eigenvalue weighted by molar-refractivity contribution is -0.120. The topological polar surface area (TPSA) is 96.0 Å². The summed E-state index contributed by atoms with van der Waals surface area (Å²) < 4.78 is 32.4. The first kappa shape index (κ1) is 22.3. The largest absolute Gasteiger partial charge is 0.495 e. The van der Waals surface area contributed by atoms with Gasteiger partial charge in [0.2, 0.25) is 21.8 Å². The highest BCUT2D eigenvalue weighted by molar-refractivity contribution is 7.89. The number of hydrogen-bond donors (Lipinski definition) is 1. The van der Waals surface area contributed by atoms with Gasteiger partial charge in [0.15, 0.2) is 0 Å². The van der Waals surface area contributed by atoms with Crippen LogP contribution in [0.1, 0.15) is 25.3 Å². The van der Waals surface area contributed by atoms with E-state index in [0.717, 1.165) is 28.4 Å². The first-order valence-electron chi connectivity index (χ1n) is 10.6. The second-order valence-electron chi connectivity index (χ2n) is 8.34. The van der Waals surface area contributed by atoms with E-state index in [4.69, 9.17) is 4.74 Å². The number of para-hydroxylation sites is 2. The smallest absolute Gasteiger partial charge is 0.243 e. The lowest BCUT2D eigenvalue weighted by Crippen LogP contribution is -2.36. The Hall–Kier alpha value is -2.91. The number of rotatable bonds is 7. The Morgan fingerprint density at radius 2 is 1.91 bits per heavy atom. The summed E-state index contributed by atoms with van der Waals surface area (Å²) in [6, 6.07) is 11.8. The Morgan fingerprint density at radius 1 is 1.19 bits per heavy atom. The molecule has 1 unspecified atom stereocenters. The molecule has 2 aliphatic rings. The standard InChI is InChI=1S/C23H27N3O5S/c1-15-12-17-13-18(10-11-20(17)26(15)23(28)16-8-9-16)32(29,30)25(2)14-22(27)24-19-6-4-5-7-21(19)31-3/h4-7,10-11,13,15-16H,8-9,12,14H2,1-3H3,(H,24,27). The van der Waals surface area contributed by atoms with Gasteiger partial charge in [-0.2, -0.15) is 4.31 Å². The number of carbonyl (C=O) groups excluding carboxylic acids is 2. The molecule has 4 rings (SSSR count). The van der Waals surface area contributed by atoms with Gasteiger partial charge in [-0.05, 0) is 62.1 Å². The van der Waals surface area contributed by atoms with E-state index >= 15 is 0 Å². The normalized spacial score (nSPS) is 17.9. The Morgan fingerprint density at radius 3 is 2.59 bits per heavy atom. The number of ether oxygens (including phenoxy) is 1. The minimum absolute atomic E-state index is 0.000384. The number of likely N-dealkylation sites (N-methyl/N-ethyl adjacent to an activating group) is 1. The Kier molecular flexibility index (Phi) is 5.96. The summed E-state index contributed by atoms with van der Waals surface area (Å²) in [5.41, 5.74) is 2.09. The van der Waals surface area contributed by atoms with Crippen LogP contribution in [-0.2, 0) is 26.0 Å². The van der Waals surface area contributed by atoms with Crippen molar-refractivity contribution in [3.8, 4) is 5.75 Å². The number of methoxy groups -OCH3 is 1. The molecular weight excluding hydrogens is 430 g/mol. The number of benzene rings is 2. The maximum absolute atomic E-state index is 13.1. The van der Waals surface area contributed by atoms with Crippen LogP contribution in [0.15, 0.2) is 47.4 Å². The Bertz CT molecular complexity index is 1160. The third kappa shape index (κ3) is 4.22. The van der Waals surface area contributed by atoms with Crippen LogP contribution < -0.4 is 15.0 Å². The van der Waals surface area contributed by atoms with Crippen LogP contribution in [0.2, 0.25) is 0 Å². The molecule has 170 valence electrons. The van der Waals surface area contributed by atoms with Gasteiger partial charge in [0, 0.05) is 24.7 Å². The van der Waals surface area contributed by atoms with Gasteiger partial charge in [-0.3, -0.25) is 9.59 Å². The van der Waals surface area contributed by atoms with Crippen molar-refractivity contribution in [2.75, 3.05) is 30.9 Å². The average molecular weight is 458 g/mol. The molecule has 0 bridgehead atoms. The van der Waals surface area contributed by atoms with Crippen molar-refractivity contribution in [2.24, 2.45) is 5.92 Å². The van der Waals surface area contributed by atoms with Gasteiger partial charge in [0.05, 0.1) is 24.2 Å². The minimum atomic E-state index is -3.88. The number of sulfonamides is 1. The fraction of sp³-hybridized carbons (Fsp3) is 0.391. The fourth-order valence-electron chi connectivity index (χ4n) is 4.04. The second-order valence-corrected chi connectivity index (χ2v) is 10.4. The van der Waals surface area contributed by atoms with Gasteiger partial charge in [0.25, 0.3) is 0 Å². The van der Waals surface area contributed by atoms with E-state index in [2.05, 4.69) is 5.32 Å². The van der Waals surface area contributed by atoms with Crippen molar-refractivity contribution in [2.45, 2.75) is 37.1 Å². The van der Waals surface area contributed by atoms with Crippen LogP contribution in [0.4, 0.5) is 11.4 Å². The summed E-state index contributed by atoms with van der Waals surface area (Å²) in [6.07, 6.45) is 2.45. The maximum atomic E-state index is 13.1. The molecule has 0 saturated heterocycles. The molecule has 1 aliphatic carbocycles. The third-order valence-electron chi connectivity index (χ3n) is 5.89. The molecule has 2 amide bonds. The van der Waals surface area contributed by atoms with E-state index in [1.807, 2.05) is 6.92 Å². The monoisotopic (exact) mass is 457 g/mol. The number of hydrogen-bond acceptors (Lipinski definition) is 5. The SMILES string of the molecule is COc1ccccc1NC(=O)CN(C)S(=O)(=O)c1ccc2c(c1)CC(C)N2C(=O)C1CC1. The zero-order valence-corrected chi connectivity index (χ0v) is 19.2. The van der Waals surface area contributed by atoms with Crippen LogP contribution in [0.25, 0.3) is 0 Å². The van der Waals surface area contributed by atoms with Crippen molar-refractivity contribution in [3.05, 3.63) is 48.0 Å². The molecule has 9 heteroatoms. The Labute approximate surface area is 188 Å². The summed E-state index contributed by atoms with van der Waals surface area (Å²) in [4.78, 5) is 27.0. The summed E-state index contributed by atoms with van der Waals surface area (Å²) in [5.74, 6) is 0.234. The van der Waals surface area contributed by atoms with Gasteiger partial charge < -0.3 is 15.0 Å². The zero-order valence-electron chi connectivity index (χ0n) is 18.4. The van der Waals surface area contributed by atoms with Crippen LogP contribution in [0.5, 0.6) is 5.75 Å². The highest BCUT2D eigenvalue weighted by Gasteiger charge is 2.40. The number of nitrogens with one attached hydrogen (secondary N) is 1. The van der Waals surface area contributed by atoms with Crippen molar-refractivity contribution >= 4 is 33.2 Å². The third-order valence-corrected chi connectivity index (χ3v) is 7.69. The molecule has 0 aromatic heterocycles. The van der Waals surface area contributed by atoms with E-state index in [-0.39, 0.29) is 29.3 Å². The molecular formula is C23H27N3O5S. The van der Waals surface area contributed by atoms with Crippen molar-refractivity contribution in [3.63, 3.8) is 0 Å².